The highest BCUT2D eigenvalue weighted by molar-refractivity contribution is 9.11. The van der Waals surface area contributed by atoms with E-state index < -0.39 is 0 Å². The van der Waals surface area contributed by atoms with Crippen LogP contribution in [0.25, 0.3) is 0 Å². The van der Waals surface area contributed by atoms with Gasteiger partial charge in [0.25, 0.3) is 0 Å². The number of anilines is 1. The number of aromatic nitrogens is 2. The molecule has 7 heteroatoms. The molecule has 0 radical (unpaired) electrons. The van der Waals surface area contributed by atoms with Gasteiger partial charge in [-0.05, 0) is 31.9 Å². The van der Waals surface area contributed by atoms with E-state index in [1.807, 2.05) is 0 Å². The molecule has 14 heavy (non-hydrogen) atoms. The van der Waals surface area contributed by atoms with Gasteiger partial charge in [0.2, 0.25) is 5.91 Å². The van der Waals surface area contributed by atoms with Crippen LogP contribution in [0.15, 0.2) is 15.4 Å². The topological polar surface area (TPSA) is 80.9 Å². The second-order valence-electron chi connectivity index (χ2n) is 2.42. The lowest BCUT2D eigenvalue weighted by atomic mass is 10.4. The third-order valence-electron chi connectivity index (χ3n) is 1.33. The zero-order valence-corrected chi connectivity index (χ0v) is 10.3. The summed E-state index contributed by atoms with van der Waals surface area (Å²) in [5, 5.41) is 2.58. The number of amides is 1. The smallest absolute Gasteiger partial charge is 0.226 e. The van der Waals surface area contributed by atoms with Gasteiger partial charge in [0.1, 0.15) is 9.21 Å². The Hall–Kier alpha value is -0.530. The van der Waals surface area contributed by atoms with E-state index in [1.54, 1.807) is 0 Å². The van der Waals surface area contributed by atoms with Crippen molar-refractivity contribution in [2.75, 3.05) is 11.9 Å². The predicted molar refractivity (Wildman–Crippen MR) is 59.7 cm³/mol. The van der Waals surface area contributed by atoms with Gasteiger partial charge in [0, 0.05) is 13.0 Å². The first-order valence-corrected chi connectivity index (χ1v) is 5.40. The molecule has 0 saturated heterocycles. The van der Waals surface area contributed by atoms with Gasteiger partial charge in [-0.15, -0.1) is 0 Å². The van der Waals surface area contributed by atoms with Crippen LogP contribution in [0.1, 0.15) is 6.42 Å². The maximum Gasteiger partial charge on any atom is 0.226 e. The number of hydrogen-bond acceptors (Lipinski definition) is 4. The second-order valence-corrected chi connectivity index (χ2v) is 3.98. The van der Waals surface area contributed by atoms with E-state index in [4.69, 9.17) is 5.73 Å². The molecule has 0 atom stereocenters. The summed E-state index contributed by atoms with van der Waals surface area (Å²) in [5.41, 5.74) is 5.23. The summed E-state index contributed by atoms with van der Waals surface area (Å²) in [4.78, 5) is 19.1. The Bertz CT molecular complexity index is 344. The maximum atomic E-state index is 11.2. The molecule has 5 nitrogen and oxygen atoms in total. The molecule has 0 aliphatic heterocycles. The van der Waals surface area contributed by atoms with Crippen molar-refractivity contribution in [3.05, 3.63) is 15.4 Å². The monoisotopic (exact) mass is 322 g/mol. The van der Waals surface area contributed by atoms with Crippen molar-refractivity contribution in [2.45, 2.75) is 6.42 Å². The van der Waals surface area contributed by atoms with Crippen molar-refractivity contribution in [1.29, 1.82) is 0 Å². The predicted octanol–water partition coefficient (Wildman–Crippen LogP) is 1.29. The standard InChI is InChI=1S/C7H8Br2N4O/c8-4-3-11-7(6(9)12-4)13-5(14)1-2-10/h3H,1-2,10H2,(H,11,13,14). The first kappa shape index (κ1) is 11.5. The Kier molecular flexibility index (Phi) is 4.43. The summed E-state index contributed by atoms with van der Waals surface area (Å²) < 4.78 is 1.08. The average Bonchev–Trinajstić information content (AvgIpc) is 2.10. The maximum absolute atomic E-state index is 11.2. The largest absolute Gasteiger partial charge is 0.330 e. The van der Waals surface area contributed by atoms with Crippen molar-refractivity contribution < 1.29 is 4.79 Å². The zero-order chi connectivity index (χ0) is 10.6. The Morgan fingerprint density at radius 1 is 1.57 bits per heavy atom. The summed E-state index contributed by atoms with van der Waals surface area (Å²) in [6, 6.07) is 0. The number of hydrogen-bond donors (Lipinski definition) is 2. The zero-order valence-electron chi connectivity index (χ0n) is 7.13. The van der Waals surface area contributed by atoms with Crippen LogP contribution in [0.2, 0.25) is 0 Å². The van der Waals surface area contributed by atoms with Crippen LogP contribution in [0.4, 0.5) is 5.82 Å². The highest BCUT2D eigenvalue weighted by Gasteiger charge is 2.07. The van der Waals surface area contributed by atoms with E-state index >= 15 is 0 Å². The van der Waals surface area contributed by atoms with Gasteiger partial charge < -0.3 is 11.1 Å². The second kappa shape index (κ2) is 5.38. The van der Waals surface area contributed by atoms with Crippen molar-refractivity contribution in [1.82, 2.24) is 9.97 Å². The van der Waals surface area contributed by atoms with E-state index in [0.29, 0.717) is 21.6 Å². The van der Waals surface area contributed by atoms with Crippen LogP contribution < -0.4 is 11.1 Å². The van der Waals surface area contributed by atoms with Crippen LogP contribution in [0.5, 0.6) is 0 Å². The minimum Gasteiger partial charge on any atom is -0.330 e. The van der Waals surface area contributed by atoms with Crippen LogP contribution >= 0.6 is 31.9 Å². The molecule has 1 aromatic heterocycles. The number of nitrogens with one attached hydrogen (secondary N) is 1. The molecule has 3 N–H and O–H groups in total. The average molecular weight is 324 g/mol. The number of nitrogens with two attached hydrogens (primary N) is 1. The number of nitrogens with zero attached hydrogens (tertiary/aromatic N) is 2. The van der Waals surface area contributed by atoms with Gasteiger partial charge in [0.15, 0.2) is 5.82 Å². The molecule has 0 aliphatic rings. The molecule has 0 fully saturated rings. The Balaban J connectivity index is 2.72. The van der Waals surface area contributed by atoms with Crippen molar-refractivity contribution in [2.24, 2.45) is 5.73 Å². The molecule has 1 rings (SSSR count). The fourth-order valence-electron chi connectivity index (χ4n) is 0.756. The first-order chi connectivity index (χ1) is 6.63. The number of rotatable bonds is 3. The molecular weight excluding hydrogens is 316 g/mol. The van der Waals surface area contributed by atoms with Crippen LogP contribution in [0, 0.1) is 0 Å². The molecule has 0 aromatic carbocycles. The van der Waals surface area contributed by atoms with Gasteiger partial charge in [-0.3, -0.25) is 4.79 Å². The van der Waals surface area contributed by atoms with Crippen LogP contribution in [0.3, 0.4) is 0 Å². The molecule has 1 aromatic rings. The SMILES string of the molecule is NCCC(=O)Nc1ncc(Br)nc1Br. The molecular formula is C7H8Br2N4O. The van der Waals surface area contributed by atoms with Gasteiger partial charge >= 0.3 is 0 Å². The van der Waals surface area contributed by atoms with E-state index in [0.717, 1.165) is 0 Å². The third kappa shape index (κ3) is 3.32. The minimum atomic E-state index is -0.176. The molecule has 1 heterocycles. The highest BCUT2D eigenvalue weighted by atomic mass is 79.9. The lowest BCUT2D eigenvalue weighted by Crippen LogP contribution is -2.17. The Morgan fingerprint density at radius 2 is 2.29 bits per heavy atom. The van der Waals surface area contributed by atoms with Gasteiger partial charge in [-0.25, -0.2) is 9.97 Å². The van der Waals surface area contributed by atoms with Gasteiger partial charge in [-0.1, -0.05) is 0 Å². The summed E-state index contributed by atoms with van der Waals surface area (Å²) >= 11 is 6.33. The first-order valence-electron chi connectivity index (χ1n) is 3.81. The molecule has 0 aliphatic carbocycles. The molecule has 0 saturated carbocycles. The Labute approximate surface area is 97.8 Å². The van der Waals surface area contributed by atoms with E-state index in [2.05, 4.69) is 47.1 Å². The number of carbonyl (C=O) groups is 1. The van der Waals surface area contributed by atoms with Gasteiger partial charge in [-0.2, -0.15) is 0 Å². The van der Waals surface area contributed by atoms with E-state index in [-0.39, 0.29) is 12.3 Å². The van der Waals surface area contributed by atoms with Crippen LogP contribution in [-0.4, -0.2) is 22.4 Å². The fraction of sp³-hybridized carbons (Fsp3) is 0.286. The highest BCUT2D eigenvalue weighted by Crippen LogP contribution is 2.19. The van der Waals surface area contributed by atoms with Crippen molar-refractivity contribution in [3.63, 3.8) is 0 Å². The summed E-state index contributed by atoms with van der Waals surface area (Å²) in [6.45, 7) is 0.313. The molecule has 0 bridgehead atoms. The lowest BCUT2D eigenvalue weighted by Gasteiger charge is -2.04. The summed E-state index contributed by atoms with van der Waals surface area (Å²) in [5.74, 6) is 0.219. The Morgan fingerprint density at radius 3 is 2.86 bits per heavy atom. The third-order valence-corrected chi connectivity index (χ3v) is 2.26. The minimum absolute atomic E-state index is 0.176. The van der Waals surface area contributed by atoms with E-state index in [1.165, 1.54) is 6.20 Å². The molecule has 1 amide bonds. The van der Waals surface area contributed by atoms with E-state index in [9.17, 15) is 4.79 Å². The van der Waals surface area contributed by atoms with Crippen molar-refractivity contribution >= 4 is 43.6 Å². The fourth-order valence-corrected chi connectivity index (χ4v) is 1.67. The quantitative estimate of drug-likeness (QED) is 0.878. The number of carbonyl (C=O) groups excluding carboxylic acids is 1. The summed E-state index contributed by atoms with van der Waals surface area (Å²) in [6.07, 6.45) is 1.77. The molecule has 76 valence electrons. The van der Waals surface area contributed by atoms with Crippen molar-refractivity contribution in [3.8, 4) is 0 Å². The van der Waals surface area contributed by atoms with Crippen LogP contribution in [-0.2, 0) is 4.79 Å². The normalized spacial score (nSPS) is 9.93. The lowest BCUT2D eigenvalue weighted by molar-refractivity contribution is -0.116. The molecule has 0 spiro atoms. The number of halogens is 2. The summed E-state index contributed by atoms with van der Waals surface area (Å²) in [7, 11) is 0. The van der Waals surface area contributed by atoms with Gasteiger partial charge in [0.05, 0.1) is 6.20 Å². The molecule has 0 unspecified atom stereocenters.